The molecule has 0 aromatic heterocycles. The molecule has 1 aromatic rings. The average Bonchev–Trinajstić information content (AvgIpc) is 3.10. The summed E-state index contributed by atoms with van der Waals surface area (Å²) in [6.45, 7) is 9.06. The molecule has 2 heterocycles. The second kappa shape index (κ2) is 9.85. The van der Waals surface area contributed by atoms with E-state index in [1.165, 1.54) is 16.8 Å². The summed E-state index contributed by atoms with van der Waals surface area (Å²) in [5.41, 5.74) is 4.91. The van der Waals surface area contributed by atoms with E-state index in [9.17, 15) is 19.2 Å². The maximum absolute atomic E-state index is 13.8. The first-order valence-electron chi connectivity index (χ1n) is 11.8. The number of amides is 4. The SMILES string of the molecule is CC(C)C[C@@H](C(=O)N1CC2(C[C@H]1C(N)=O)OCc1ccccc1NC2=O)N(C)C(=O)OC(C)(C)C. The quantitative estimate of drug-likeness (QED) is 0.654. The molecule has 3 atom stereocenters. The maximum Gasteiger partial charge on any atom is 0.410 e. The van der Waals surface area contributed by atoms with Crippen molar-refractivity contribution in [3.63, 3.8) is 0 Å². The van der Waals surface area contributed by atoms with Gasteiger partial charge in [0.25, 0.3) is 5.91 Å². The van der Waals surface area contributed by atoms with Crippen molar-refractivity contribution < 1.29 is 28.7 Å². The van der Waals surface area contributed by atoms with Gasteiger partial charge in [-0.15, -0.1) is 0 Å². The molecule has 4 amide bonds. The molecular formula is C25H36N4O6. The third kappa shape index (κ3) is 5.75. The van der Waals surface area contributed by atoms with Gasteiger partial charge in [-0.25, -0.2) is 4.79 Å². The van der Waals surface area contributed by atoms with Gasteiger partial charge < -0.3 is 25.4 Å². The zero-order valence-corrected chi connectivity index (χ0v) is 21.3. The van der Waals surface area contributed by atoms with Crippen LogP contribution in [0, 0.1) is 5.92 Å². The zero-order valence-electron chi connectivity index (χ0n) is 21.3. The van der Waals surface area contributed by atoms with E-state index in [0.717, 1.165) is 5.56 Å². The summed E-state index contributed by atoms with van der Waals surface area (Å²) in [6.07, 6.45) is -0.388. The van der Waals surface area contributed by atoms with E-state index >= 15 is 0 Å². The van der Waals surface area contributed by atoms with Crippen LogP contribution < -0.4 is 11.1 Å². The molecule has 1 unspecified atom stereocenters. The number of carbonyl (C=O) groups excluding carboxylic acids is 4. The van der Waals surface area contributed by atoms with E-state index in [4.69, 9.17) is 15.2 Å². The Morgan fingerprint density at radius 2 is 1.94 bits per heavy atom. The van der Waals surface area contributed by atoms with Crippen LogP contribution in [-0.2, 0) is 30.5 Å². The Morgan fingerprint density at radius 1 is 1.29 bits per heavy atom. The van der Waals surface area contributed by atoms with Crippen LogP contribution in [-0.4, -0.2) is 70.5 Å². The number of carbonyl (C=O) groups is 4. The second-order valence-corrected chi connectivity index (χ2v) is 10.7. The van der Waals surface area contributed by atoms with Crippen molar-refractivity contribution in [1.29, 1.82) is 0 Å². The van der Waals surface area contributed by atoms with Gasteiger partial charge in [-0.3, -0.25) is 19.3 Å². The Hall–Kier alpha value is -3.14. The van der Waals surface area contributed by atoms with Crippen LogP contribution in [0.3, 0.4) is 0 Å². The molecule has 2 aliphatic rings. The van der Waals surface area contributed by atoms with Gasteiger partial charge >= 0.3 is 6.09 Å². The van der Waals surface area contributed by atoms with Crippen molar-refractivity contribution in [1.82, 2.24) is 9.80 Å². The van der Waals surface area contributed by atoms with E-state index in [1.54, 1.807) is 32.9 Å². The van der Waals surface area contributed by atoms with Crippen LogP contribution in [0.25, 0.3) is 0 Å². The Bertz CT molecular complexity index is 1000. The predicted octanol–water partition coefficient (Wildman–Crippen LogP) is 2.26. The Labute approximate surface area is 206 Å². The minimum Gasteiger partial charge on any atom is -0.444 e. The molecule has 3 N–H and O–H groups in total. The molecule has 1 aromatic carbocycles. The van der Waals surface area contributed by atoms with Crippen molar-refractivity contribution >= 4 is 29.5 Å². The summed E-state index contributed by atoms with van der Waals surface area (Å²) < 4.78 is 11.5. The highest BCUT2D eigenvalue weighted by Crippen LogP contribution is 2.37. The van der Waals surface area contributed by atoms with Gasteiger partial charge in [0, 0.05) is 24.7 Å². The van der Waals surface area contributed by atoms with Crippen LogP contribution in [0.1, 0.15) is 53.0 Å². The molecule has 192 valence electrons. The number of nitrogens with zero attached hydrogens (tertiary/aromatic N) is 2. The minimum atomic E-state index is -1.44. The van der Waals surface area contributed by atoms with Crippen molar-refractivity contribution in [2.24, 2.45) is 11.7 Å². The van der Waals surface area contributed by atoms with Crippen molar-refractivity contribution in [3.05, 3.63) is 29.8 Å². The first kappa shape index (κ1) is 26.5. The van der Waals surface area contributed by atoms with Gasteiger partial charge in [0.1, 0.15) is 17.7 Å². The highest BCUT2D eigenvalue weighted by molar-refractivity contribution is 6.01. The molecule has 0 aliphatic carbocycles. The molecule has 2 aliphatic heterocycles. The van der Waals surface area contributed by atoms with Gasteiger partial charge in [-0.2, -0.15) is 0 Å². The fourth-order valence-electron chi connectivity index (χ4n) is 4.44. The lowest BCUT2D eigenvalue weighted by Crippen LogP contribution is -2.55. The average molecular weight is 489 g/mol. The number of hydrogen-bond acceptors (Lipinski definition) is 6. The third-order valence-corrected chi connectivity index (χ3v) is 6.25. The van der Waals surface area contributed by atoms with Gasteiger partial charge in [-0.1, -0.05) is 32.0 Å². The Kier molecular flexibility index (Phi) is 7.45. The number of para-hydroxylation sites is 1. The Balaban J connectivity index is 1.90. The lowest BCUT2D eigenvalue weighted by molar-refractivity contribution is -0.145. The molecule has 1 spiro atoms. The van der Waals surface area contributed by atoms with Crippen molar-refractivity contribution in [2.45, 2.75) is 77.4 Å². The maximum atomic E-state index is 13.8. The second-order valence-electron chi connectivity index (χ2n) is 10.7. The van der Waals surface area contributed by atoms with Crippen LogP contribution in [0.2, 0.25) is 0 Å². The molecule has 1 fully saturated rings. The third-order valence-electron chi connectivity index (χ3n) is 6.25. The van der Waals surface area contributed by atoms with Crippen LogP contribution >= 0.6 is 0 Å². The van der Waals surface area contributed by atoms with Crippen molar-refractivity contribution in [2.75, 3.05) is 18.9 Å². The molecule has 10 nitrogen and oxygen atoms in total. The number of anilines is 1. The van der Waals surface area contributed by atoms with E-state index in [0.29, 0.717) is 12.1 Å². The summed E-state index contributed by atoms with van der Waals surface area (Å²) in [5.74, 6) is -1.60. The highest BCUT2D eigenvalue weighted by Gasteiger charge is 2.55. The molecule has 3 rings (SSSR count). The summed E-state index contributed by atoms with van der Waals surface area (Å²) in [5, 5.41) is 2.86. The number of nitrogens with one attached hydrogen (secondary N) is 1. The predicted molar refractivity (Wildman–Crippen MR) is 129 cm³/mol. The molecule has 0 radical (unpaired) electrons. The van der Waals surface area contributed by atoms with Gasteiger partial charge in [-0.05, 0) is 39.2 Å². The molecule has 35 heavy (non-hydrogen) atoms. The molecular weight excluding hydrogens is 452 g/mol. The number of primary amides is 1. The molecule has 0 bridgehead atoms. The first-order chi connectivity index (χ1) is 16.2. The van der Waals surface area contributed by atoms with E-state index in [2.05, 4.69) is 5.32 Å². The summed E-state index contributed by atoms with van der Waals surface area (Å²) in [7, 11) is 1.50. The number of fused-ring (bicyclic) bond motifs is 1. The van der Waals surface area contributed by atoms with Crippen molar-refractivity contribution in [3.8, 4) is 0 Å². The highest BCUT2D eigenvalue weighted by atomic mass is 16.6. The number of hydrogen-bond donors (Lipinski definition) is 2. The number of nitrogens with two attached hydrogens (primary N) is 1. The largest absolute Gasteiger partial charge is 0.444 e. The fraction of sp³-hybridized carbons (Fsp3) is 0.600. The summed E-state index contributed by atoms with van der Waals surface area (Å²) in [6, 6.07) is 5.28. The number of benzene rings is 1. The Morgan fingerprint density at radius 3 is 2.54 bits per heavy atom. The van der Waals surface area contributed by atoms with E-state index in [1.807, 2.05) is 26.0 Å². The number of likely N-dealkylation sites (N-methyl/N-ethyl adjacent to an activating group) is 1. The molecule has 10 heteroatoms. The molecule has 1 saturated heterocycles. The number of rotatable bonds is 5. The smallest absolute Gasteiger partial charge is 0.410 e. The standard InChI is InChI=1S/C25H36N4O6/c1-15(2)11-18(28(6)23(33)35-24(3,4)5)21(31)29-14-25(12-19(29)20(26)30)22(32)27-17-10-8-7-9-16(17)13-34-25/h7-10,15,18-19H,11-14H2,1-6H3,(H2,26,30)(H,27,32)/t18-,19-,25?/m0/s1. The lowest BCUT2D eigenvalue weighted by Gasteiger charge is -2.34. The van der Waals surface area contributed by atoms with E-state index in [-0.39, 0.29) is 25.5 Å². The first-order valence-corrected chi connectivity index (χ1v) is 11.8. The van der Waals surface area contributed by atoms with Gasteiger partial charge in [0.05, 0.1) is 13.2 Å². The van der Waals surface area contributed by atoms with E-state index < -0.39 is 47.1 Å². The lowest BCUT2D eigenvalue weighted by atomic mass is 9.98. The topological polar surface area (TPSA) is 131 Å². The number of ether oxygens (including phenoxy) is 2. The monoisotopic (exact) mass is 488 g/mol. The van der Waals surface area contributed by atoms with Gasteiger partial charge in [0.2, 0.25) is 11.8 Å². The van der Waals surface area contributed by atoms with Gasteiger partial charge in [0.15, 0.2) is 5.60 Å². The molecule has 0 saturated carbocycles. The fourth-order valence-corrected chi connectivity index (χ4v) is 4.44. The number of likely N-dealkylation sites (tertiary alicyclic amines) is 1. The summed E-state index contributed by atoms with van der Waals surface area (Å²) >= 11 is 0. The minimum absolute atomic E-state index is 0.0596. The van der Waals surface area contributed by atoms with Crippen LogP contribution in [0.5, 0.6) is 0 Å². The van der Waals surface area contributed by atoms with Crippen LogP contribution in [0.15, 0.2) is 24.3 Å². The zero-order chi connectivity index (χ0) is 26.1. The summed E-state index contributed by atoms with van der Waals surface area (Å²) in [4.78, 5) is 54.8. The van der Waals surface area contributed by atoms with Crippen LogP contribution in [0.4, 0.5) is 10.5 Å². The normalized spacial score (nSPS) is 22.9.